The smallest absolute Gasteiger partial charge is 0.265 e. The molecule has 0 saturated carbocycles. The Morgan fingerprint density at radius 2 is 1.89 bits per heavy atom. The van der Waals surface area contributed by atoms with Crippen molar-refractivity contribution in [2.45, 2.75) is 6.43 Å². The SMILES string of the molecule is Nc1ccc(Nc2ccc(Br)c(Cl)c2)c(C(F)F)c1. The highest BCUT2D eigenvalue weighted by atomic mass is 79.9. The quantitative estimate of drug-likeness (QED) is 0.733. The minimum Gasteiger partial charge on any atom is -0.399 e. The highest BCUT2D eigenvalue weighted by molar-refractivity contribution is 9.10. The van der Waals surface area contributed by atoms with Crippen molar-refractivity contribution >= 4 is 44.6 Å². The van der Waals surface area contributed by atoms with Gasteiger partial charge in [0.25, 0.3) is 6.43 Å². The Morgan fingerprint density at radius 3 is 2.53 bits per heavy atom. The van der Waals surface area contributed by atoms with E-state index in [1.807, 2.05) is 0 Å². The van der Waals surface area contributed by atoms with Crippen LogP contribution in [0.4, 0.5) is 25.8 Å². The molecule has 0 radical (unpaired) electrons. The topological polar surface area (TPSA) is 38.0 Å². The fourth-order valence-electron chi connectivity index (χ4n) is 1.60. The first-order valence-electron chi connectivity index (χ1n) is 5.37. The van der Waals surface area contributed by atoms with Crippen LogP contribution < -0.4 is 11.1 Å². The second-order valence-electron chi connectivity index (χ2n) is 3.90. The van der Waals surface area contributed by atoms with Gasteiger partial charge in [-0.1, -0.05) is 11.6 Å². The summed E-state index contributed by atoms with van der Waals surface area (Å²) in [6, 6.07) is 9.47. The Kier molecular flexibility index (Phi) is 4.27. The number of nitrogens with one attached hydrogen (secondary N) is 1. The molecule has 0 aliphatic carbocycles. The molecule has 0 aromatic heterocycles. The molecule has 0 bridgehead atoms. The lowest BCUT2D eigenvalue weighted by Crippen LogP contribution is -1.98. The van der Waals surface area contributed by atoms with E-state index in [1.54, 1.807) is 24.3 Å². The lowest BCUT2D eigenvalue weighted by atomic mass is 10.1. The van der Waals surface area contributed by atoms with E-state index in [0.717, 1.165) is 4.47 Å². The third-order valence-corrected chi connectivity index (χ3v) is 3.74. The van der Waals surface area contributed by atoms with Gasteiger partial charge in [-0.25, -0.2) is 8.78 Å². The molecule has 0 heterocycles. The van der Waals surface area contributed by atoms with E-state index < -0.39 is 6.43 Å². The van der Waals surface area contributed by atoms with Crippen LogP contribution in [0.15, 0.2) is 40.9 Å². The minimum atomic E-state index is -2.60. The van der Waals surface area contributed by atoms with Crippen LogP contribution in [-0.4, -0.2) is 0 Å². The van der Waals surface area contributed by atoms with E-state index in [4.69, 9.17) is 17.3 Å². The Morgan fingerprint density at radius 1 is 1.16 bits per heavy atom. The predicted molar refractivity (Wildman–Crippen MR) is 78.2 cm³/mol. The maximum atomic E-state index is 12.9. The number of anilines is 3. The molecule has 2 aromatic carbocycles. The van der Waals surface area contributed by atoms with E-state index in [9.17, 15) is 8.78 Å². The molecule has 0 amide bonds. The molecule has 100 valence electrons. The average molecular weight is 348 g/mol. The van der Waals surface area contributed by atoms with Gasteiger partial charge in [-0.05, 0) is 52.3 Å². The molecule has 0 aliphatic rings. The van der Waals surface area contributed by atoms with Crippen molar-refractivity contribution in [1.29, 1.82) is 0 Å². The molecule has 0 fully saturated rings. The highest BCUT2D eigenvalue weighted by Gasteiger charge is 2.13. The number of rotatable bonds is 3. The zero-order valence-corrected chi connectivity index (χ0v) is 12.0. The third kappa shape index (κ3) is 3.36. The number of hydrogen-bond donors (Lipinski definition) is 2. The zero-order chi connectivity index (χ0) is 14.0. The molecule has 0 atom stereocenters. The van der Waals surface area contributed by atoms with Crippen molar-refractivity contribution in [3.63, 3.8) is 0 Å². The van der Waals surface area contributed by atoms with Crippen molar-refractivity contribution in [3.05, 3.63) is 51.5 Å². The first-order chi connectivity index (χ1) is 8.97. The Hall–Kier alpha value is -1.33. The van der Waals surface area contributed by atoms with Crippen LogP contribution in [0.25, 0.3) is 0 Å². The number of halogens is 4. The summed E-state index contributed by atoms with van der Waals surface area (Å²) in [7, 11) is 0. The largest absolute Gasteiger partial charge is 0.399 e. The van der Waals surface area contributed by atoms with Crippen LogP contribution in [0, 0.1) is 0 Å². The molecule has 2 nitrogen and oxygen atoms in total. The average Bonchev–Trinajstić information content (AvgIpc) is 2.36. The van der Waals surface area contributed by atoms with Gasteiger partial charge in [0.2, 0.25) is 0 Å². The fraction of sp³-hybridized carbons (Fsp3) is 0.0769. The molecule has 0 aliphatic heterocycles. The van der Waals surface area contributed by atoms with Crippen LogP contribution in [-0.2, 0) is 0 Å². The van der Waals surface area contributed by atoms with E-state index in [1.165, 1.54) is 12.1 Å². The Bertz CT molecular complexity index is 605. The van der Waals surface area contributed by atoms with Gasteiger partial charge in [-0.2, -0.15) is 0 Å². The second-order valence-corrected chi connectivity index (χ2v) is 5.16. The first-order valence-corrected chi connectivity index (χ1v) is 6.54. The zero-order valence-electron chi connectivity index (χ0n) is 9.63. The van der Waals surface area contributed by atoms with Crippen molar-refractivity contribution in [3.8, 4) is 0 Å². The van der Waals surface area contributed by atoms with Crippen LogP contribution in [0.5, 0.6) is 0 Å². The van der Waals surface area contributed by atoms with Gasteiger partial charge in [0, 0.05) is 27.1 Å². The van der Waals surface area contributed by atoms with Crippen LogP contribution >= 0.6 is 27.5 Å². The maximum absolute atomic E-state index is 12.9. The maximum Gasteiger partial charge on any atom is 0.265 e. The lowest BCUT2D eigenvalue weighted by molar-refractivity contribution is 0.152. The molecule has 0 spiro atoms. The molecular weight excluding hydrogens is 338 g/mol. The summed E-state index contributed by atoms with van der Waals surface area (Å²) in [4.78, 5) is 0. The summed E-state index contributed by atoms with van der Waals surface area (Å²) in [5.74, 6) is 0. The van der Waals surface area contributed by atoms with Crippen LogP contribution in [0.3, 0.4) is 0 Å². The summed E-state index contributed by atoms with van der Waals surface area (Å²) in [5, 5.41) is 3.41. The highest BCUT2D eigenvalue weighted by Crippen LogP contribution is 2.33. The molecule has 3 N–H and O–H groups in total. The van der Waals surface area contributed by atoms with Gasteiger partial charge >= 0.3 is 0 Å². The number of nitrogen functional groups attached to an aromatic ring is 1. The van der Waals surface area contributed by atoms with E-state index >= 15 is 0 Å². The summed E-state index contributed by atoms with van der Waals surface area (Å²) < 4.78 is 26.6. The number of nitrogens with two attached hydrogens (primary N) is 1. The summed E-state index contributed by atoms with van der Waals surface area (Å²) in [6.07, 6.45) is -2.60. The van der Waals surface area contributed by atoms with Gasteiger partial charge in [-0.15, -0.1) is 0 Å². The van der Waals surface area contributed by atoms with Gasteiger partial charge in [-0.3, -0.25) is 0 Å². The fourth-order valence-corrected chi connectivity index (χ4v) is 2.03. The van der Waals surface area contributed by atoms with E-state index in [-0.39, 0.29) is 5.56 Å². The molecule has 6 heteroatoms. The third-order valence-electron chi connectivity index (χ3n) is 2.51. The lowest BCUT2D eigenvalue weighted by Gasteiger charge is -2.13. The number of alkyl halides is 2. The molecule has 19 heavy (non-hydrogen) atoms. The normalized spacial score (nSPS) is 10.8. The van der Waals surface area contributed by atoms with Gasteiger partial charge in [0.15, 0.2) is 0 Å². The van der Waals surface area contributed by atoms with E-state index in [0.29, 0.717) is 22.1 Å². The molecule has 0 saturated heterocycles. The molecule has 0 unspecified atom stereocenters. The van der Waals surface area contributed by atoms with Gasteiger partial charge in [0.05, 0.1) is 5.02 Å². The predicted octanol–water partition coefficient (Wildman–Crippen LogP) is 5.37. The van der Waals surface area contributed by atoms with Crippen LogP contribution in [0.1, 0.15) is 12.0 Å². The van der Waals surface area contributed by atoms with Crippen molar-refractivity contribution in [2.24, 2.45) is 0 Å². The molecule has 2 aromatic rings. The second kappa shape index (κ2) is 5.75. The molecular formula is C13H10BrClF2N2. The Labute approximate surface area is 122 Å². The first kappa shape index (κ1) is 14.1. The monoisotopic (exact) mass is 346 g/mol. The van der Waals surface area contributed by atoms with Crippen molar-refractivity contribution < 1.29 is 8.78 Å². The number of hydrogen-bond acceptors (Lipinski definition) is 2. The van der Waals surface area contributed by atoms with Crippen LogP contribution in [0.2, 0.25) is 5.02 Å². The molecule has 2 rings (SSSR count). The van der Waals surface area contributed by atoms with E-state index in [2.05, 4.69) is 21.2 Å². The Balaban J connectivity index is 2.35. The summed E-state index contributed by atoms with van der Waals surface area (Å²) in [5.41, 5.74) is 6.61. The van der Waals surface area contributed by atoms with Crippen molar-refractivity contribution in [1.82, 2.24) is 0 Å². The van der Waals surface area contributed by atoms with Gasteiger partial charge < -0.3 is 11.1 Å². The number of benzene rings is 2. The standard InChI is InChI=1S/C13H10BrClF2N2/c14-10-3-2-8(6-11(10)15)19-12-4-1-7(18)5-9(12)13(16)17/h1-6,13,19H,18H2. The van der Waals surface area contributed by atoms with Gasteiger partial charge in [0.1, 0.15) is 0 Å². The summed E-state index contributed by atoms with van der Waals surface area (Å²) in [6.45, 7) is 0. The minimum absolute atomic E-state index is 0.140. The van der Waals surface area contributed by atoms with Crippen molar-refractivity contribution in [2.75, 3.05) is 11.1 Å². The summed E-state index contributed by atoms with van der Waals surface area (Å²) >= 11 is 9.22.